The van der Waals surface area contributed by atoms with Crippen molar-refractivity contribution in [2.45, 2.75) is 13.3 Å². The number of hydrogen-bond donors (Lipinski definition) is 1. The Labute approximate surface area is 146 Å². The summed E-state index contributed by atoms with van der Waals surface area (Å²) in [6.07, 6.45) is 0.603. The lowest BCUT2D eigenvalue weighted by Gasteiger charge is -2.36. The lowest BCUT2D eigenvalue weighted by Crippen LogP contribution is -2.51. The van der Waals surface area contributed by atoms with E-state index in [1.165, 1.54) is 5.69 Å². The van der Waals surface area contributed by atoms with Gasteiger partial charge in [-0.1, -0.05) is 16.8 Å². The van der Waals surface area contributed by atoms with E-state index < -0.39 is 0 Å². The summed E-state index contributed by atoms with van der Waals surface area (Å²) >= 11 is 5.94. The van der Waals surface area contributed by atoms with E-state index >= 15 is 0 Å². The number of nitrogens with zero attached hydrogens (tertiary/aromatic N) is 5. The molecule has 7 nitrogen and oxygen atoms in total. The number of hydrogen-bond acceptors (Lipinski definition) is 5. The molecular formula is C16H21ClN6O. The standard InChI is InChI=1S/C16H21ClN6O/c1-12-20-15(24-21-12)6-7-19-16(18)23-10-8-22(9-11-23)14-4-2-13(17)3-5-14/h2-5H,6-11H2,1H3,(H2,18,19). The Morgan fingerprint density at radius 1 is 1.25 bits per heavy atom. The molecule has 0 atom stereocenters. The van der Waals surface area contributed by atoms with Gasteiger partial charge in [-0.3, -0.25) is 4.99 Å². The van der Waals surface area contributed by atoms with Crippen LogP contribution in [0.5, 0.6) is 0 Å². The first kappa shape index (κ1) is 16.6. The molecule has 1 aromatic carbocycles. The lowest BCUT2D eigenvalue weighted by molar-refractivity contribution is 0.372. The highest BCUT2D eigenvalue weighted by atomic mass is 35.5. The molecule has 0 bridgehead atoms. The Hall–Kier alpha value is -2.28. The van der Waals surface area contributed by atoms with Gasteiger partial charge in [0.25, 0.3) is 0 Å². The van der Waals surface area contributed by atoms with E-state index in [0.29, 0.717) is 30.6 Å². The zero-order valence-electron chi connectivity index (χ0n) is 13.7. The van der Waals surface area contributed by atoms with Crippen molar-refractivity contribution in [2.24, 2.45) is 10.7 Å². The van der Waals surface area contributed by atoms with E-state index in [-0.39, 0.29) is 0 Å². The number of guanidine groups is 1. The Balaban J connectivity index is 1.48. The van der Waals surface area contributed by atoms with E-state index in [1.54, 1.807) is 6.92 Å². The average molecular weight is 349 g/mol. The molecular weight excluding hydrogens is 328 g/mol. The van der Waals surface area contributed by atoms with Crippen LogP contribution in [0.4, 0.5) is 5.69 Å². The molecule has 2 heterocycles. The van der Waals surface area contributed by atoms with Crippen molar-refractivity contribution < 1.29 is 4.52 Å². The Morgan fingerprint density at radius 2 is 1.96 bits per heavy atom. The molecule has 128 valence electrons. The van der Waals surface area contributed by atoms with Crippen LogP contribution in [0.25, 0.3) is 0 Å². The largest absolute Gasteiger partial charge is 0.370 e. The highest BCUT2D eigenvalue weighted by Gasteiger charge is 2.18. The molecule has 0 amide bonds. The number of aromatic nitrogens is 2. The molecule has 1 aliphatic heterocycles. The third kappa shape index (κ3) is 4.17. The fourth-order valence-corrected chi connectivity index (χ4v) is 2.78. The van der Waals surface area contributed by atoms with E-state index in [1.807, 2.05) is 24.3 Å². The number of rotatable bonds is 4. The minimum absolute atomic E-state index is 0.546. The van der Waals surface area contributed by atoms with Crippen LogP contribution in [-0.4, -0.2) is 53.7 Å². The second kappa shape index (κ2) is 7.53. The molecule has 3 rings (SSSR count). The molecule has 8 heteroatoms. The zero-order chi connectivity index (χ0) is 16.9. The zero-order valence-corrected chi connectivity index (χ0v) is 14.4. The van der Waals surface area contributed by atoms with Crippen LogP contribution in [0, 0.1) is 6.92 Å². The number of aliphatic imine (C=N–C) groups is 1. The van der Waals surface area contributed by atoms with E-state index in [2.05, 4.69) is 24.9 Å². The number of aryl methyl sites for hydroxylation is 1. The van der Waals surface area contributed by atoms with Crippen molar-refractivity contribution >= 4 is 23.2 Å². The van der Waals surface area contributed by atoms with Crippen molar-refractivity contribution in [3.8, 4) is 0 Å². The predicted molar refractivity (Wildman–Crippen MR) is 94.5 cm³/mol. The Bertz CT molecular complexity index is 691. The average Bonchev–Trinajstić information content (AvgIpc) is 3.01. The van der Waals surface area contributed by atoms with Gasteiger partial charge in [-0.25, -0.2) is 0 Å². The van der Waals surface area contributed by atoms with Gasteiger partial charge in [-0.2, -0.15) is 4.98 Å². The number of nitrogens with two attached hydrogens (primary N) is 1. The molecule has 2 aromatic rings. The van der Waals surface area contributed by atoms with Crippen molar-refractivity contribution in [1.29, 1.82) is 0 Å². The fraction of sp³-hybridized carbons (Fsp3) is 0.438. The molecule has 1 aliphatic rings. The number of halogens is 1. The van der Waals surface area contributed by atoms with Gasteiger partial charge in [0, 0.05) is 43.3 Å². The highest BCUT2D eigenvalue weighted by molar-refractivity contribution is 6.30. The number of anilines is 1. The van der Waals surface area contributed by atoms with Gasteiger partial charge < -0.3 is 20.1 Å². The molecule has 24 heavy (non-hydrogen) atoms. The molecule has 0 spiro atoms. The lowest BCUT2D eigenvalue weighted by atomic mass is 10.2. The minimum atomic E-state index is 0.546. The van der Waals surface area contributed by atoms with E-state index in [4.69, 9.17) is 21.9 Å². The molecule has 0 radical (unpaired) electrons. The first-order valence-corrected chi connectivity index (χ1v) is 8.34. The summed E-state index contributed by atoms with van der Waals surface area (Å²) in [6, 6.07) is 7.92. The van der Waals surface area contributed by atoms with Crippen LogP contribution < -0.4 is 10.6 Å². The van der Waals surface area contributed by atoms with Crippen LogP contribution in [0.2, 0.25) is 5.02 Å². The van der Waals surface area contributed by atoms with E-state index in [0.717, 1.165) is 31.2 Å². The normalized spacial score (nSPS) is 15.8. The molecule has 0 aliphatic carbocycles. The monoisotopic (exact) mass is 348 g/mol. The van der Waals surface area contributed by atoms with Crippen LogP contribution in [0.1, 0.15) is 11.7 Å². The second-order valence-corrected chi connectivity index (χ2v) is 6.11. The van der Waals surface area contributed by atoms with Crippen molar-refractivity contribution in [2.75, 3.05) is 37.6 Å². The fourth-order valence-electron chi connectivity index (χ4n) is 2.65. The first-order chi connectivity index (χ1) is 11.6. The third-order valence-electron chi connectivity index (χ3n) is 3.96. The predicted octanol–water partition coefficient (Wildman–Crippen LogP) is 1.71. The van der Waals surface area contributed by atoms with E-state index in [9.17, 15) is 0 Å². The summed E-state index contributed by atoms with van der Waals surface area (Å²) in [5.41, 5.74) is 7.28. The minimum Gasteiger partial charge on any atom is -0.370 e. The molecule has 1 saturated heterocycles. The quantitative estimate of drug-likeness (QED) is 0.669. The maximum Gasteiger partial charge on any atom is 0.228 e. The maximum atomic E-state index is 6.10. The summed E-state index contributed by atoms with van der Waals surface area (Å²) in [6.45, 7) is 5.84. The summed E-state index contributed by atoms with van der Waals surface area (Å²) in [7, 11) is 0. The molecule has 1 fully saturated rings. The van der Waals surface area contributed by atoms with Gasteiger partial charge in [0.05, 0.1) is 6.54 Å². The van der Waals surface area contributed by atoms with Crippen molar-refractivity contribution in [3.05, 3.63) is 41.0 Å². The van der Waals surface area contributed by atoms with Crippen LogP contribution in [-0.2, 0) is 6.42 Å². The van der Waals surface area contributed by atoms with Crippen molar-refractivity contribution in [3.63, 3.8) is 0 Å². The third-order valence-corrected chi connectivity index (χ3v) is 4.22. The van der Waals surface area contributed by atoms with Crippen LogP contribution >= 0.6 is 11.6 Å². The topological polar surface area (TPSA) is 83.8 Å². The second-order valence-electron chi connectivity index (χ2n) is 5.68. The smallest absolute Gasteiger partial charge is 0.228 e. The molecule has 0 unspecified atom stereocenters. The summed E-state index contributed by atoms with van der Waals surface area (Å²) in [5, 5.41) is 4.51. The molecule has 2 N–H and O–H groups in total. The van der Waals surface area contributed by atoms with Gasteiger partial charge in [0.1, 0.15) is 0 Å². The van der Waals surface area contributed by atoms with Gasteiger partial charge in [-0.15, -0.1) is 0 Å². The van der Waals surface area contributed by atoms with Gasteiger partial charge in [-0.05, 0) is 31.2 Å². The van der Waals surface area contributed by atoms with Gasteiger partial charge in [0.2, 0.25) is 5.89 Å². The van der Waals surface area contributed by atoms with Crippen LogP contribution in [0.15, 0.2) is 33.8 Å². The maximum absolute atomic E-state index is 6.10. The van der Waals surface area contributed by atoms with Crippen molar-refractivity contribution in [1.82, 2.24) is 15.0 Å². The SMILES string of the molecule is Cc1noc(CCN=C(N)N2CCN(c3ccc(Cl)cc3)CC2)n1. The number of piperazine rings is 1. The first-order valence-electron chi connectivity index (χ1n) is 7.96. The summed E-state index contributed by atoms with van der Waals surface area (Å²) < 4.78 is 5.06. The Kier molecular flexibility index (Phi) is 5.20. The Morgan fingerprint density at radius 3 is 2.58 bits per heavy atom. The number of benzene rings is 1. The van der Waals surface area contributed by atoms with Crippen LogP contribution in [0.3, 0.4) is 0 Å². The van der Waals surface area contributed by atoms with Gasteiger partial charge in [0.15, 0.2) is 11.8 Å². The van der Waals surface area contributed by atoms with Gasteiger partial charge >= 0.3 is 0 Å². The molecule has 1 aromatic heterocycles. The highest BCUT2D eigenvalue weighted by Crippen LogP contribution is 2.19. The summed E-state index contributed by atoms with van der Waals surface area (Å²) in [5.74, 6) is 1.80. The summed E-state index contributed by atoms with van der Waals surface area (Å²) in [4.78, 5) is 13.0. The molecule has 0 saturated carbocycles.